The second-order valence-corrected chi connectivity index (χ2v) is 5.81. The molecule has 19 heavy (non-hydrogen) atoms. The first-order valence-corrected chi connectivity index (χ1v) is 7.25. The molecule has 0 aliphatic heterocycles. The van der Waals surface area contributed by atoms with Crippen LogP contribution < -0.4 is 0 Å². The molecule has 1 N–H and O–H groups in total. The van der Waals surface area contributed by atoms with Gasteiger partial charge < -0.3 is 5.11 Å². The van der Waals surface area contributed by atoms with Crippen molar-refractivity contribution in [3.63, 3.8) is 0 Å². The largest absolute Gasteiger partial charge is 0.388 e. The summed E-state index contributed by atoms with van der Waals surface area (Å²) in [4.78, 5) is 1.03. The number of aliphatic hydroxyl groups excluding tert-OH is 1. The minimum absolute atomic E-state index is 0.323. The summed E-state index contributed by atoms with van der Waals surface area (Å²) in [7, 11) is 0. The van der Waals surface area contributed by atoms with Gasteiger partial charge in [0, 0.05) is 15.7 Å². The summed E-state index contributed by atoms with van der Waals surface area (Å²) in [6.45, 7) is 1.87. The van der Waals surface area contributed by atoms with Gasteiger partial charge in [0.15, 0.2) is 0 Å². The van der Waals surface area contributed by atoms with Crippen LogP contribution in [0.4, 0.5) is 4.39 Å². The Hall–Kier alpha value is -1.03. The Morgan fingerprint density at radius 1 is 1.21 bits per heavy atom. The molecule has 0 aromatic heterocycles. The van der Waals surface area contributed by atoms with Gasteiger partial charge in [0.25, 0.3) is 0 Å². The van der Waals surface area contributed by atoms with E-state index in [1.165, 1.54) is 23.9 Å². The van der Waals surface area contributed by atoms with Gasteiger partial charge in [0.05, 0.1) is 6.10 Å². The Morgan fingerprint density at radius 2 is 1.89 bits per heavy atom. The summed E-state index contributed by atoms with van der Waals surface area (Å²) >= 11 is 7.32. The van der Waals surface area contributed by atoms with E-state index in [2.05, 4.69) is 0 Å². The summed E-state index contributed by atoms with van der Waals surface area (Å²) in [6.07, 6.45) is -0.684. The zero-order valence-electron chi connectivity index (χ0n) is 10.4. The van der Waals surface area contributed by atoms with Crippen molar-refractivity contribution in [1.82, 2.24) is 0 Å². The van der Waals surface area contributed by atoms with E-state index in [4.69, 9.17) is 11.6 Å². The van der Waals surface area contributed by atoms with E-state index in [9.17, 15) is 9.50 Å². The third-order valence-corrected chi connectivity index (χ3v) is 4.16. The van der Waals surface area contributed by atoms with E-state index in [-0.39, 0.29) is 5.82 Å². The van der Waals surface area contributed by atoms with E-state index >= 15 is 0 Å². The summed E-state index contributed by atoms with van der Waals surface area (Å²) < 4.78 is 13.2. The van der Waals surface area contributed by atoms with Gasteiger partial charge in [-0.1, -0.05) is 17.7 Å². The van der Waals surface area contributed by atoms with Gasteiger partial charge in [0.2, 0.25) is 0 Å². The highest BCUT2D eigenvalue weighted by Gasteiger charge is 2.12. The highest BCUT2D eigenvalue weighted by atomic mass is 35.5. The van der Waals surface area contributed by atoms with Gasteiger partial charge in [-0.3, -0.25) is 0 Å². The van der Waals surface area contributed by atoms with Crippen molar-refractivity contribution >= 4 is 23.4 Å². The topological polar surface area (TPSA) is 20.2 Å². The first-order chi connectivity index (χ1) is 9.06. The van der Waals surface area contributed by atoms with Crippen molar-refractivity contribution in [2.45, 2.75) is 17.9 Å². The highest BCUT2D eigenvalue weighted by Crippen LogP contribution is 2.27. The van der Waals surface area contributed by atoms with E-state index in [0.29, 0.717) is 16.3 Å². The van der Waals surface area contributed by atoms with E-state index < -0.39 is 6.10 Å². The first kappa shape index (κ1) is 14.4. The maximum Gasteiger partial charge on any atom is 0.123 e. The molecule has 0 amide bonds. The molecule has 0 aliphatic rings. The van der Waals surface area contributed by atoms with Gasteiger partial charge in [-0.2, -0.15) is 0 Å². The number of hydrogen-bond donors (Lipinski definition) is 1. The molecule has 1 nitrogen and oxygen atoms in total. The molecule has 1 unspecified atom stereocenters. The van der Waals surface area contributed by atoms with E-state index in [1.807, 2.05) is 31.2 Å². The molecule has 0 saturated heterocycles. The van der Waals surface area contributed by atoms with Crippen LogP contribution in [0.15, 0.2) is 47.4 Å². The Bertz CT molecular complexity index is 557. The Kier molecular flexibility index (Phi) is 4.86. The number of aryl methyl sites for hydroxylation is 1. The average Bonchev–Trinajstić information content (AvgIpc) is 2.40. The Morgan fingerprint density at radius 3 is 2.58 bits per heavy atom. The molecule has 0 saturated carbocycles. The molecule has 0 bridgehead atoms. The number of benzene rings is 2. The standard InChI is InChI=1S/C15H14ClFOS/c1-10-2-5-12(17)8-14(10)15(18)9-19-13-6-3-11(16)4-7-13/h2-8,15,18H,9H2,1H3. The highest BCUT2D eigenvalue weighted by molar-refractivity contribution is 7.99. The van der Waals surface area contributed by atoms with Crippen molar-refractivity contribution in [3.05, 3.63) is 64.4 Å². The van der Waals surface area contributed by atoms with Crippen LogP contribution in [-0.4, -0.2) is 10.9 Å². The minimum atomic E-state index is -0.684. The van der Waals surface area contributed by atoms with Crippen LogP contribution in [0.2, 0.25) is 5.02 Å². The maximum absolute atomic E-state index is 13.2. The van der Waals surface area contributed by atoms with Crippen LogP contribution in [0.25, 0.3) is 0 Å². The lowest BCUT2D eigenvalue weighted by Gasteiger charge is -2.13. The predicted molar refractivity (Wildman–Crippen MR) is 78.3 cm³/mol. The van der Waals surface area contributed by atoms with Crippen molar-refractivity contribution in [1.29, 1.82) is 0 Å². The van der Waals surface area contributed by atoms with Crippen molar-refractivity contribution in [2.75, 3.05) is 5.75 Å². The first-order valence-electron chi connectivity index (χ1n) is 5.89. The molecule has 2 aromatic carbocycles. The van der Waals surface area contributed by atoms with Crippen molar-refractivity contribution in [2.24, 2.45) is 0 Å². The fraction of sp³-hybridized carbons (Fsp3) is 0.200. The lowest BCUT2D eigenvalue weighted by atomic mass is 10.0. The Balaban J connectivity index is 2.03. The molecular weight excluding hydrogens is 283 g/mol. The van der Waals surface area contributed by atoms with E-state index in [0.717, 1.165) is 10.5 Å². The Labute approximate surface area is 121 Å². The molecule has 0 radical (unpaired) electrons. The number of rotatable bonds is 4. The summed E-state index contributed by atoms with van der Waals surface area (Å²) in [5.74, 6) is 0.155. The summed E-state index contributed by atoms with van der Waals surface area (Å²) in [5.41, 5.74) is 1.53. The monoisotopic (exact) mass is 296 g/mol. The van der Waals surface area contributed by atoms with Crippen LogP contribution in [-0.2, 0) is 0 Å². The normalized spacial score (nSPS) is 12.4. The maximum atomic E-state index is 13.2. The van der Waals surface area contributed by atoms with Crippen LogP contribution in [0.3, 0.4) is 0 Å². The van der Waals surface area contributed by atoms with Crippen LogP contribution in [0, 0.1) is 12.7 Å². The van der Waals surface area contributed by atoms with Gasteiger partial charge in [-0.15, -0.1) is 11.8 Å². The quantitative estimate of drug-likeness (QED) is 0.831. The second-order valence-electron chi connectivity index (χ2n) is 4.28. The lowest BCUT2D eigenvalue weighted by Crippen LogP contribution is -2.03. The lowest BCUT2D eigenvalue weighted by molar-refractivity contribution is 0.203. The smallest absolute Gasteiger partial charge is 0.123 e. The zero-order chi connectivity index (χ0) is 13.8. The molecule has 2 aromatic rings. The SMILES string of the molecule is Cc1ccc(F)cc1C(O)CSc1ccc(Cl)cc1. The predicted octanol–water partition coefficient (Wildman–Crippen LogP) is 4.61. The van der Waals surface area contributed by atoms with Gasteiger partial charge in [0.1, 0.15) is 5.82 Å². The van der Waals surface area contributed by atoms with Crippen LogP contribution in [0.5, 0.6) is 0 Å². The molecule has 4 heteroatoms. The number of hydrogen-bond acceptors (Lipinski definition) is 2. The van der Waals surface area contributed by atoms with Crippen LogP contribution >= 0.6 is 23.4 Å². The fourth-order valence-corrected chi connectivity index (χ4v) is 2.75. The average molecular weight is 297 g/mol. The summed E-state index contributed by atoms with van der Waals surface area (Å²) in [6, 6.07) is 11.9. The molecule has 0 aliphatic carbocycles. The summed E-state index contributed by atoms with van der Waals surface area (Å²) in [5, 5.41) is 10.8. The molecule has 0 fully saturated rings. The third-order valence-electron chi connectivity index (χ3n) is 2.82. The van der Waals surface area contributed by atoms with Crippen molar-refractivity contribution < 1.29 is 9.50 Å². The van der Waals surface area contributed by atoms with Gasteiger partial charge in [-0.25, -0.2) is 4.39 Å². The second kappa shape index (κ2) is 6.42. The number of aliphatic hydroxyl groups is 1. The molecule has 100 valence electrons. The molecule has 2 rings (SSSR count). The zero-order valence-corrected chi connectivity index (χ0v) is 12.0. The fourth-order valence-electron chi connectivity index (χ4n) is 1.77. The molecular formula is C15H14ClFOS. The van der Waals surface area contributed by atoms with Crippen molar-refractivity contribution in [3.8, 4) is 0 Å². The number of thioether (sulfide) groups is 1. The minimum Gasteiger partial charge on any atom is -0.388 e. The van der Waals surface area contributed by atoms with Crippen LogP contribution in [0.1, 0.15) is 17.2 Å². The molecule has 0 spiro atoms. The molecule has 0 heterocycles. The molecule has 1 atom stereocenters. The van der Waals surface area contributed by atoms with Gasteiger partial charge in [-0.05, 0) is 54.4 Å². The van der Waals surface area contributed by atoms with Gasteiger partial charge >= 0.3 is 0 Å². The number of halogens is 2. The van der Waals surface area contributed by atoms with E-state index in [1.54, 1.807) is 6.07 Å². The third kappa shape index (κ3) is 3.96.